The molecule has 0 bridgehead atoms. The number of rotatable bonds is 2. The highest BCUT2D eigenvalue weighted by molar-refractivity contribution is 9.10. The van der Waals surface area contributed by atoms with Crippen LogP contribution in [0, 0.1) is 0 Å². The number of hydrogen-bond donors (Lipinski definition) is 3. The molecule has 1 aromatic rings. The van der Waals surface area contributed by atoms with Crippen molar-refractivity contribution in [2.45, 2.75) is 12.6 Å². The maximum atomic E-state index is 11.7. The number of carbonyl (C=O) groups excluding carboxylic acids is 1. The topological polar surface area (TPSA) is 53.2 Å². The molecule has 0 radical (unpaired) electrons. The van der Waals surface area contributed by atoms with Crippen LogP contribution in [0.1, 0.15) is 16.8 Å². The lowest BCUT2D eigenvalue weighted by Crippen LogP contribution is -2.44. The SMILES string of the molecule is O=C(NC1CCNN1)c1ccc(Br)cc1. The molecule has 80 valence electrons. The molecule has 15 heavy (non-hydrogen) atoms. The van der Waals surface area contributed by atoms with Gasteiger partial charge in [0.2, 0.25) is 0 Å². The molecule has 0 spiro atoms. The number of benzene rings is 1. The van der Waals surface area contributed by atoms with Gasteiger partial charge in [-0.05, 0) is 30.7 Å². The summed E-state index contributed by atoms with van der Waals surface area (Å²) in [5.74, 6) is -0.0521. The first-order valence-corrected chi connectivity index (χ1v) is 5.60. The van der Waals surface area contributed by atoms with E-state index in [9.17, 15) is 4.79 Å². The lowest BCUT2D eigenvalue weighted by molar-refractivity contribution is 0.0932. The third-order valence-corrected chi connectivity index (χ3v) is 2.77. The number of hydrazine groups is 1. The third-order valence-electron chi connectivity index (χ3n) is 2.25. The molecule has 1 heterocycles. The Hall–Kier alpha value is -0.910. The van der Waals surface area contributed by atoms with Gasteiger partial charge in [0, 0.05) is 16.6 Å². The largest absolute Gasteiger partial charge is 0.335 e. The van der Waals surface area contributed by atoms with E-state index in [0.29, 0.717) is 5.56 Å². The van der Waals surface area contributed by atoms with Crippen molar-refractivity contribution in [1.29, 1.82) is 0 Å². The Morgan fingerprint density at radius 2 is 2.13 bits per heavy atom. The summed E-state index contributed by atoms with van der Waals surface area (Å²) in [6.45, 7) is 0.880. The predicted octanol–water partition coefficient (Wildman–Crippen LogP) is 1.00. The lowest BCUT2D eigenvalue weighted by Gasteiger charge is -2.11. The first-order chi connectivity index (χ1) is 7.25. The van der Waals surface area contributed by atoms with Gasteiger partial charge in [0.25, 0.3) is 5.91 Å². The first kappa shape index (κ1) is 10.6. The summed E-state index contributed by atoms with van der Waals surface area (Å²) in [6, 6.07) is 7.30. The van der Waals surface area contributed by atoms with Crippen molar-refractivity contribution in [3.63, 3.8) is 0 Å². The zero-order chi connectivity index (χ0) is 10.7. The summed E-state index contributed by atoms with van der Waals surface area (Å²) in [5, 5.41) is 2.89. The van der Waals surface area contributed by atoms with Crippen LogP contribution in [0.3, 0.4) is 0 Å². The van der Waals surface area contributed by atoms with Gasteiger partial charge in [-0.15, -0.1) is 0 Å². The molecule has 1 aromatic carbocycles. The molecule has 0 saturated carbocycles. The van der Waals surface area contributed by atoms with Crippen LogP contribution in [0.25, 0.3) is 0 Å². The van der Waals surface area contributed by atoms with Gasteiger partial charge in [0.05, 0.1) is 6.17 Å². The molecule has 1 amide bonds. The molecule has 1 aliphatic rings. The van der Waals surface area contributed by atoms with E-state index in [0.717, 1.165) is 17.4 Å². The molecular weight excluding hydrogens is 258 g/mol. The maximum Gasteiger partial charge on any atom is 0.252 e. The van der Waals surface area contributed by atoms with E-state index in [1.807, 2.05) is 12.1 Å². The van der Waals surface area contributed by atoms with Gasteiger partial charge in [0.1, 0.15) is 0 Å². The number of amides is 1. The average molecular weight is 270 g/mol. The maximum absolute atomic E-state index is 11.7. The highest BCUT2D eigenvalue weighted by atomic mass is 79.9. The second kappa shape index (κ2) is 4.74. The van der Waals surface area contributed by atoms with Gasteiger partial charge in [-0.3, -0.25) is 10.2 Å². The highest BCUT2D eigenvalue weighted by Crippen LogP contribution is 2.10. The van der Waals surface area contributed by atoms with Gasteiger partial charge in [-0.2, -0.15) is 0 Å². The van der Waals surface area contributed by atoms with E-state index < -0.39 is 0 Å². The summed E-state index contributed by atoms with van der Waals surface area (Å²) < 4.78 is 0.972. The molecule has 4 nitrogen and oxygen atoms in total. The fourth-order valence-electron chi connectivity index (χ4n) is 1.44. The fraction of sp³-hybridized carbons (Fsp3) is 0.300. The smallest absolute Gasteiger partial charge is 0.252 e. The van der Waals surface area contributed by atoms with E-state index in [4.69, 9.17) is 0 Å². The quantitative estimate of drug-likeness (QED) is 0.751. The van der Waals surface area contributed by atoms with Crippen LogP contribution in [0.2, 0.25) is 0 Å². The molecule has 1 saturated heterocycles. The average Bonchev–Trinajstić information content (AvgIpc) is 2.71. The Kier molecular flexibility index (Phi) is 3.35. The Morgan fingerprint density at radius 3 is 2.73 bits per heavy atom. The second-order valence-electron chi connectivity index (χ2n) is 3.39. The summed E-state index contributed by atoms with van der Waals surface area (Å²) >= 11 is 3.33. The Morgan fingerprint density at radius 1 is 1.40 bits per heavy atom. The van der Waals surface area contributed by atoms with Crippen LogP contribution < -0.4 is 16.2 Å². The van der Waals surface area contributed by atoms with Crippen molar-refractivity contribution in [2.75, 3.05) is 6.54 Å². The molecule has 0 aromatic heterocycles. The first-order valence-electron chi connectivity index (χ1n) is 4.80. The van der Waals surface area contributed by atoms with E-state index in [1.165, 1.54) is 0 Å². The minimum Gasteiger partial charge on any atom is -0.335 e. The van der Waals surface area contributed by atoms with Crippen LogP contribution in [0.15, 0.2) is 28.7 Å². The van der Waals surface area contributed by atoms with Crippen LogP contribution >= 0.6 is 15.9 Å². The molecule has 1 aliphatic heterocycles. The molecule has 1 unspecified atom stereocenters. The summed E-state index contributed by atoms with van der Waals surface area (Å²) in [5.41, 5.74) is 6.62. The van der Waals surface area contributed by atoms with Crippen molar-refractivity contribution >= 4 is 21.8 Å². The van der Waals surface area contributed by atoms with Crippen molar-refractivity contribution in [3.05, 3.63) is 34.3 Å². The predicted molar refractivity (Wildman–Crippen MR) is 61.2 cm³/mol. The standard InChI is InChI=1S/C10H12BrN3O/c11-8-3-1-7(2-4-8)10(15)13-9-5-6-12-14-9/h1-4,9,12,14H,5-6H2,(H,13,15). The highest BCUT2D eigenvalue weighted by Gasteiger charge is 2.16. The molecule has 0 aliphatic carbocycles. The monoisotopic (exact) mass is 269 g/mol. The molecule has 5 heteroatoms. The van der Waals surface area contributed by atoms with Crippen molar-refractivity contribution in [2.24, 2.45) is 0 Å². The van der Waals surface area contributed by atoms with Crippen LogP contribution in [-0.4, -0.2) is 18.6 Å². The van der Waals surface area contributed by atoms with Crippen molar-refractivity contribution < 1.29 is 4.79 Å². The minimum atomic E-state index is -0.0521. The normalized spacial score (nSPS) is 20.2. The zero-order valence-corrected chi connectivity index (χ0v) is 9.67. The zero-order valence-electron chi connectivity index (χ0n) is 8.09. The molecule has 3 N–H and O–H groups in total. The van der Waals surface area contributed by atoms with Crippen molar-refractivity contribution in [3.8, 4) is 0 Å². The van der Waals surface area contributed by atoms with E-state index in [-0.39, 0.29) is 12.1 Å². The third kappa shape index (κ3) is 2.77. The summed E-state index contributed by atoms with van der Waals surface area (Å²) in [6.07, 6.45) is 0.934. The summed E-state index contributed by atoms with van der Waals surface area (Å²) in [4.78, 5) is 11.7. The van der Waals surface area contributed by atoms with Gasteiger partial charge in [0.15, 0.2) is 0 Å². The van der Waals surface area contributed by atoms with Gasteiger partial charge >= 0.3 is 0 Å². The van der Waals surface area contributed by atoms with Crippen LogP contribution in [0.4, 0.5) is 0 Å². The Labute approximate surface area is 96.5 Å². The van der Waals surface area contributed by atoms with Crippen LogP contribution in [-0.2, 0) is 0 Å². The van der Waals surface area contributed by atoms with E-state index >= 15 is 0 Å². The number of carbonyl (C=O) groups is 1. The van der Waals surface area contributed by atoms with Gasteiger partial charge in [-0.25, -0.2) is 5.43 Å². The van der Waals surface area contributed by atoms with E-state index in [2.05, 4.69) is 32.1 Å². The van der Waals surface area contributed by atoms with E-state index in [1.54, 1.807) is 12.1 Å². The number of halogens is 1. The van der Waals surface area contributed by atoms with Crippen LogP contribution in [0.5, 0.6) is 0 Å². The molecule has 1 fully saturated rings. The molecule has 1 atom stereocenters. The Balaban J connectivity index is 1.98. The lowest BCUT2D eigenvalue weighted by atomic mass is 10.2. The fourth-order valence-corrected chi connectivity index (χ4v) is 1.70. The van der Waals surface area contributed by atoms with Gasteiger partial charge < -0.3 is 5.32 Å². The second-order valence-corrected chi connectivity index (χ2v) is 4.31. The van der Waals surface area contributed by atoms with Crippen molar-refractivity contribution in [1.82, 2.24) is 16.2 Å². The minimum absolute atomic E-state index is 0.0288. The molecule has 2 rings (SSSR count). The number of nitrogens with one attached hydrogen (secondary N) is 3. The van der Waals surface area contributed by atoms with Gasteiger partial charge in [-0.1, -0.05) is 15.9 Å². The summed E-state index contributed by atoms with van der Waals surface area (Å²) in [7, 11) is 0. The molecular formula is C10H12BrN3O. The Bertz CT molecular complexity index is 346. The number of hydrogen-bond acceptors (Lipinski definition) is 3.